The van der Waals surface area contributed by atoms with Crippen LogP contribution in [0.2, 0.25) is 0 Å². The first-order valence-electron chi connectivity index (χ1n) is 9.40. The number of ether oxygens (including phenoxy) is 3. The third-order valence-corrected chi connectivity index (χ3v) is 4.85. The highest BCUT2D eigenvalue weighted by atomic mass is 16.6. The number of hydrogen-bond donors (Lipinski definition) is 0. The number of methoxy groups -OCH3 is 2. The van der Waals surface area contributed by atoms with E-state index in [9.17, 15) is 9.59 Å². The number of benzene rings is 2. The Kier molecular flexibility index (Phi) is 6.53. The molecule has 1 fully saturated rings. The van der Waals surface area contributed by atoms with Crippen LogP contribution in [0.3, 0.4) is 0 Å². The van der Waals surface area contributed by atoms with Crippen molar-refractivity contribution < 1.29 is 23.8 Å². The lowest BCUT2D eigenvalue weighted by Gasteiger charge is -2.30. The molecule has 2 aromatic rings. The Morgan fingerprint density at radius 2 is 1.64 bits per heavy atom. The molecule has 0 bridgehead atoms. The molecule has 0 radical (unpaired) electrons. The van der Waals surface area contributed by atoms with Gasteiger partial charge in [-0.2, -0.15) is 0 Å². The lowest BCUT2D eigenvalue weighted by molar-refractivity contribution is -0.142. The Morgan fingerprint density at radius 1 is 0.929 bits per heavy atom. The molecule has 2 aromatic carbocycles. The Labute approximate surface area is 165 Å². The van der Waals surface area contributed by atoms with Crippen LogP contribution in [-0.2, 0) is 9.53 Å². The molecule has 0 saturated carbocycles. The van der Waals surface area contributed by atoms with Gasteiger partial charge < -0.3 is 19.1 Å². The van der Waals surface area contributed by atoms with Crippen molar-refractivity contribution >= 4 is 11.9 Å². The van der Waals surface area contributed by atoms with Gasteiger partial charge in [0.1, 0.15) is 17.1 Å². The molecule has 1 amide bonds. The molecule has 0 aromatic heterocycles. The van der Waals surface area contributed by atoms with Gasteiger partial charge in [0, 0.05) is 24.7 Å². The second kappa shape index (κ2) is 9.26. The van der Waals surface area contributed by atoms with Crippen molar-refractivity contribution in [3.05, 3.63) is 59.7 Å². The lowest BCUT2D eigenvalue weighted by atomic mass is 10.1. The number of carbonyl (C=O) groups is 2. The summed E-state index contributed by atoms with van der Waals surface area (Å²) in [5, 5.41) is 0. The van der Waals surface area contributed by atoms with Crippen LogP contribution >= 0.6 is 0 Å². The summed E-state index contributed by atoms with van der Waals surface area (Å²) in [5.41, 5.74) is 0.898. The standard InChI is InChI=1S/C22H25NO5/c1-26-17-11-12-18(19(15-17)27-2)22(25)28-20(16-9-5-3-6-10-16)21(24)23-13-7-4-8-14-23/h3,5-6,9-12,15,20H,4,7-8,13-14H2,1-2H3/t20-/m1/s1. The average Bonchev–Trinajstić information content (AvgIpc) is 2.77. The minimum atomic E-state index is -0.987. The van der Waals surface area contributed by atoms with Crippen molar-refractivity contribution in [3.63, 3.8) is 0 Å². The van der Waals surface area contributed by atoms with Gasteiger partial charge in [-0.15, -0.1) is 0 Å². The van der Waals surface area contributed by atoms with Crippen LogP contribution in [-0.4, -0.2) is 44.1 Å². The van der Waals surface area contributed by atoms with Gasteiger partial charge >= 0.3 is 5.97 Å². The van der Waals surface area contributed by atoms with Crippen LogP contribution in [0.1, 0.15) is 41.3 Å². The molecular formula is C22H25NO5. The van der Waals surface area contributed by atoms with E-state index in [1.807, 2.05) is 18.2 Å². The Balaban J connectivity index is 1.87. The fourth-order valence-electron chi connectivity index (χ4n) is 3.31. The minimum Gasteiger partial charge on any atom is -0.497 e. The van der Waals surface area contributed by atoms with Crippen LogP contribution in [0.5, 0.6) is 11.5 Å². The molecule has 3 rings (SSSR count). The van der Waals surface area contributed by atoms with Gasteiger partial charge in [0.25, 0.3) is 5.91 Å². The van der Waals surface area contributed by atoms with E-state index in [0.29, 0.717) is 30.2 Å². The van der Waals surface area contributed by atoms with Crippen LogP contribution in [0.15, 0.2) is 48.5 Å². The fraction of sp³-hybridized carbons (Fsp3) is 0.364. The van der Waals surface area contributed by atoms with Crippen LogP contribution in [0, 0.1) is 0 Å². The maximum Gasteiger partial charge on any atom is 0.343 e. The number of likely N-dealkylation sites (tertiary alicyclic amines) is 1. The summed E-state index contributed by atoms with van der Waals surface area (Å²) in [7, 11) is 3.01. The molecule has 28 heavy (non-hydrogen) atoms. The number of carbonyl (C=O) groups excluding carboxylic acids is 2. The van der Waals surface area contributed by atoms with E-state index >= 15 is 0 Å². The van der Waals surface area contributed by atoms with Crippen molar-refractivity contribution in [1.82, 2.24) is 4.90 Å². The number of esters is 1. The fourth-order valence-corrected chi connectivity index (χ4v) is 3.31. The van der Waals surface area contributed by atoms with Gasteiger partial charge in [-0.05, 0) is 31.4 Å². The average molecular weight is 383 g/mol. The first-order valence-corrected chi connectivity index (χ1v) is 9.40. The first kappa shape index (κ1) is 19.7. The molecule has 6 heteroatoms. The predicted octanol–water partition coefficient (Wildman–Crippen LogP) is 3.61. The van der Waals surface area contributed by atoms with Crippen molar-refractivity contribution in [1.29, 1.82) is 0 Å². The smallest absolute Gasteiger partial charge is 0.343 e. The second-order valence-corrected chi connectivity index (χ2v) is 6.65. The van der Waals surface area contributed by atoms with Crippen molar-refractivity contribution in [2.24, 2.45) is 0 Å². The molecule has 0 N–H and O–H groups in total. The van der Waals surface area contributed by atoms with Crippen LogP contribution in [0.4, 0.5) is 0 Å². The SMILES string of the molecule is COc1ccc(C(=O)O[C@@H](C(=O)N2CCCCC2)c2ccccc2)c(OC)c1. The molecule has 148 valence electrons. The van der Waals surface area contributed by atoms with E-state index in [4.69, 9.17) is 14.2 Å². The maximum absolute atomic E-state index is 13.1. The molecule has 1 aliphatic heterocycles. The maximum atomic E-state index is 13.1. The molecule has 0 spiro atoms. The zero-order valence-corrected chi connectivity index (χ0v) is 16.2. The van der Waals surface area contributed by atoms with E-state index in [-0.39, 0.29) is 11.5 Å². The van der Waals surface area contributed by atoms with Crippen molar-refractivity contribution in [3.8, 4) is 11.5 Å². The number of nitrogens with zero attached hydrogens (tertiary/aromatic N) is 1. The van der Waals surface area contributed by atoms with Crippen molar-refractivity contribution in [2.75, 3.05) is 27.3 Å². The minimum absolute atomic E-state index is 0.188. The molecule has 1 aliphatic rings. The van der Waals surface area contributed by atoms with Gasteiger partial charge in [-0.1, -0.05) is 30.3 Å². The number of piperidine rings is 1. The topological polar surface area (TPSA) is 65.1 Å². The quantitative estimate of drug-likeness (QED) is 0.713. The summed E-state index contributed by atoms with van der Waals surface area (Å²) < 4.78 is 16.2. The summed E-state index contributed by atoms with van der Waals surface area (Å²) in [5.74, 6) is 0.101. The van der Waals surface area contributed by atoms with E-state index in [1.54, 1.807) is 35.2 Å². The highest BCUT2D eigenvalue weighted by Crippen LogP contribution is 2.29. The number of rotatable bonds is 6. The highest BCUT2D eigenvalue weighted by molar-refractivity contribution is 5.95. The summed E-state index contributed by atoms with van der Waals surface area (Å²) >= 11 is 0. The van der Waals surface area contributed by atoms with Gasteiger partial charge in [-0.3, -0.25) is 4.79 Å². The number of amides is 1. The number of hydrogen-bond acceptors (Lipinski definition) is 5. The third kappa shape index (κ3) is 4.44. The Hall–Kier alpha value is -3.02. The Morgan fingerprint density at radius 3 is 2.29 bits per heavy atom. The summed E-state index contributed by atoms with van der Waals surface area (Å²) in [6.45, 7) is 1.37. The third-order valence-electron chi connectivity index (χ3n) is 4.85. The summed E-state index contributed by atoms with van der Waals surface area (Å²) in [6, 6.07) is 14.0. The van der Waals surface area contributed by atoms with Gasteiger partial charge in [-0.25, -0.2) is 4.79 Å². The molecule has 0 aliphatic carbocycles. The van der Waals surface area contributed by atoms with E-state index < -0.39 is 12.1 Å². The molecular weight excluding hydrogens is 358 g/mol. The summed E-state index contributed by atoms with van der Waals surface area (Å²) in [4.78, 5) is 27.8. The second-order valence-electron chi connectivity index (χ2n) is 6.65. The normalized spacial score (nSPS) is 14.9. The molecule has 6 nitrogen and oxygen atoms in total. The molecule has 1 heterocycles. The van der Waals surface area contributed by atoms with E-state index in [1.165, 1.54) is 14.2 Å². The molecule has 1 atom stereocenters. The summed E-state index contributed by atoms with van der Waals surface area (Å²) in [6.07, 6.45) is 2.06. The monoisotopic (exact) mass is 383 g/mol. The van der Waals surface area contributed by atoms with E-state index in [2.05, 4.69) is 0 Å². The van der Waals surface area contributed by atoms with Gasteiger partial charge in [0.05, 0.1) is 14.2 Å². The highest BCUT2D eigenvalue weighted by Gasteiger charge is 2.31. The van der Waals surface area contributed by atoms with Gasteiger partial charge in [0.2, 0.25) is 6.10 Å². The van der Waals surface area contributed by atoms with Gasteiger partial charge in [0.15, 0.2) is 0 Å². The van der Waals surface area contributed by atoms with Crippen molar-refractivity contribution in [2.45, 2.75) is 25.4 Å². The van der Waals surface area contributed by atoms with E-state index in [0.717, 1.165) is 19.3 Å². The molecule has 0 unspecified atom stereocenters. The Bertz CT molecular complexity index is 815. The zero-order chi connectivity index (χ0) is 19.9. The molecule has 1 saturated heterocycles. The first-order chi connectivity index (χ1) is 13.6. The predicted molar refractivity (Wildman–Crippen MR) is 105 cm³/mol. The largest absolute Gasteiger partial charge is 0.497 e. The van der Waals surface area contributed by atoms with Crippen LogP contribution in [0.25, 0.3) is 0 Å². The zero-order valence-electron chi connectivity index (χ0n) is 16.2. The van der Waals surface area contributed by atoms with Crippen LogP contribution < -0.4 is 9.47 Å². The lowest BCUT2D eigenvalue weighted by Crippen LogP contribution is -2.40.